The molecule has 1 saturated heterocycles. The Morgan fingerprint density at radius 2 is 1.95 bits per heavy atom. The van der Waals surface area contributed by atoms with E-state index in [1.807, 2.05) is 0 Å². The first-order chi connectivity index (χ1) is 9.98. The van der Waals surface area contributed by atoms with E-state index in [9.17, 15) is 19.8 Å². The van der Waals surface area contributed by atoms with Crippen molar-refractivity contribution in [1.29, 1.82) is 0 Å². The number of rotatable bonds is 4. The van der Waals surface area contributed by atoms with Crippen LogP contribution < -0.4 is 0 Å². The number of nitrogens with zero attached hydrogens (tertiary/aromatic N) is 2. The zero-order valence-electron chi connectivity index (χ0n) is 12.8. The highest BCUT2D eigenvalue weighted by Gasteiger charge is 2.42. The number of hydrogen-bond donors (Lipinski definition) is 2. The van der Waals surface area contributed by atoms with Gasteiger partial charge in [-0.1, -0.05) is 19.3 Å². The third-order valence-corrected chi connectivity index (χ3v) is 5.08. The summed E-state index contributed by atoms with van der Waals surface area (Å²) in [6.45, 7) is 1.33. The quantitative estimate of drug-likeness (QED) is 0.824. The smallest absolute Gasteiger partial charge is 0.320 e. The molecule has 2 rings (SSSR count). The Morgan fingerprint density at radius 3 is 2.48 bits per heavy atom. The summed E-state index contributed by atoms with van der Waals surface area (Å²) in [4.78, 5) is 27.3. The van der Waals surface area contributed by atoms with Gasteiger partial charge in [-0.05, 0) is 19.3 Å². The topological polar surface area (TPSA) is 81.1 Å². The van der Waals surface area contributed by atoms with Crippen molar-refractivity contribution in [2.75, 3.05) is 26.7 Å². The highest BCUT2D eigenvalue weighted by Crippen LogP contribution is 2.36. The van der Waals surface area contributed by atoms with E-state index in [0.717, 1.165) is 38.5 Å². The largest absolute Gasteiger partial charge is 0.481 e. The van der Waals surface area contributed by atoms with E-state index < -0.39 is 11.5 Å². The standard InChI is InChI=1S/C15H26N2O4/c1-16(14(21)17-8-5-12(10-17)11-18)15(9-13(19)20)6-3-2-4-7-15/h12,18H,2-11H2,1H3,(H,19,20). The van der Waals surface area contributed by atoms with Gasteiger partial charge in [-0.3, -0.25) is 4.79 Å². The highest BCUT2D eigenvalue weighted by atomic mass is 16.4. The van der Waals surface area contributed by atoms with E-state index in [4.69, 9.17) is 0 Å². The number of carbonyl (C=O) groups is 2. The monoisotopic (exact) mass is 298 g/mol. The van der Waals surface area contributed by atoms with Crippen LogP contribution in [0.25, 0.3) is 0 Å². The SMILES string of the molecule is CN(C(=O)N1CCC(CO)C1)C1(CC(=O)O)CCCCC1. The second kappa shape index (κ2) is 6.64. The van der Waals surface area contributed by atoms with Crippen LogP contribution in [0.3, 0.4) is 0 Å². The number of urea groups is 1. The number of hydrogen-bond acceptors (Lipinski definition) is 3. The van der Waals surface area contributed by atoms with Crippen molar-refractivity contribution >= 4 is 12.0 Å². The first kappa shape index (κ1) is 16.1. The van der Waals surface area contributed by atoms with E-state index in [1.54, 1.807) is 16.8 Å². The molecule has 0 radical (unpaired) electrons. The van der Waals surface area contributed by atoms with Crippen LogP contribution in [0.4, 0.5) is 4.79 Å². The first-order valence-electron chi connectivity index (χ1n) is 7.84. The molecule has 2 N–H and O–H groups in total. The summed E-state index contributed by atoms with van der Waals surface area (Å²) >= 11 is 0. The van der Waals surface area contributed by atoms with Gasteiger partial charge in [0.1, 0.15) is 0 Å². The van der Waals surface area contributed by atoms with Gasteiger partial charge in [0.25, 0.3) is 0 Å². The van der Waals surface area contributed by atoms with Gasteiger partial charge in [0.05, 0.1) is 12.0 Å². The van der Waals surface area contributed by atoms with Crippen LogP contribution in [-0.2, 0) is 4.79 Å². The lowest BCUT2D eigenvalue weighted by molar-refractivity contribution is -0.140. The van der Waals surface area contributed by atoms with Gasteiger partial charge in [-0.15, -0.1) is 0 Å². The van der Waals surface area contributed by atoms with E-state index >= 15 is 0 Å². The molecular formula is C15H26N2O4. The normalized spacial score (nSPS) is 24.9. The minimum Gasteiger partial charge on any atom is -0.481 e. The van der Waals surface area contributed by atoms with Crippen LogP contribution in [0.1, 0.15) is 44.9 Å². The molecule has 2 amide bonds. The number of aliphatic carboxylic acids is 1. The molecule has 0 aromatic carbocycles. The molecule has 1 unspecified atom stereocenters. The summed E-state index contributed by atoms with van der Waals surface area (Å²) in [5, 5.41) is 18.4. The Balaban J connectivity index is 2.08. The second-order valence-corrected chi connectivity index (χ2v) is 6.48. The Hall–Kier alpha value is -1.30. The lowest BCUT2D eigenvalue weighted by atomic mass is 9.78. The van der Waals surface area contributed by atoms with Crippen molar-refractivity contribution in [3.8, 4) is 0 Å². The number of amides is 2. The molecule has 1 heterocycles. The van der Waals surface area contributed by atoms with Crippen LogP contribution in [0.5, 0.6) is 0 Å². The first-order valence-corrected chi connectivity index (χ1v) is 7.84. The molecule has 6 nitrogen and oxygen atoms in total. The van der Waals surface area contributed by atoms with Crippen molar-refractivity contribution in [3.05, 3.63) is 0 Å². The van der Waals surface area contributed by atoms with Gasteiger partial charge in [-0.25, -0.2) is 4.79 Å². The molecular weight excluding hydrogens is 272 g/mol. The summed E-state index contributed by atoms with van der Waals surface area (Å²) in [5.41, 5.74) is -0.543. The number of likely N-dealkylation sites (tertiary alicyclic amines) is 1. The maximum absolute atomic E-state index is 12.7. The average molecular weight is 298 g/mol. The van der Waals surface area contributed by atoms with E-state index in [0.29, 0.717) is 13.1 Å². The fourth-order valence-electron chi connectivity index (χ4n) is 3.69. The maximum Gasteiger partial charge on any atom is 0.320 e. The zero-order chi connectivity index (χ0) is 15.5. The molecule has 0 spiro atoms. The van der Waals surface area contributed by atoms with Gasteiger partial charge in [0.2, 0.25) is 0 Å². The third-order valence-electron chi connectivity index (χ3n) is 5.08. The van der Waals surface area contributed by atoms with Gasteiger partial charge in [0.15, 0.2) is 0 Å². The fourth-order valence-corrected chi connectivity index (χ4v) is 3.69. The molecule has 0 bridgehead atoms. The number of carboxylic acid groups (broad SMARTS) is 1. The van der Waals surface area contributed by atoms with E-state index in [2.05, 4.69) is 0 Å². The molecule has 21 heavy (non-hydrogen) atoms. The summed E-state index contributed by atoms with van der Waals surface area (Å²) < 4.78 is 0. The molecule has 1 saturated carbocycles. The van der Waals surface area contributed by atoms with E-state index in [1.165, 1.54) is 0 Å². The molecule has 2 aliphatic rings. The minimum atomic E-state index is -0.841. The molecule has 1 aliphatic carbocycles. The molecule has 120 valence electrons. The van der Waals surface area contributed by atoms with Crippen molar-refractivity contribution in [2.45, 2.75) is 50.5 Å². The van der Waals surface area contributed by atoms with Crippen LogP contribution >= 0.6 is 0 Å². The van der Waals surface area contributed by atoms with E-state index in [-0.39, 0.29) is 25.0 Å². The third kappa shape index (κ3) is 3.48. The van der Waals surface area contributed by atoms with Gasteiger partial charge in [0, 0.05) is 32.7 Å². The summed E-state index contributed by atoms with van der Waals surface area (Å²) in [6, 6.07) is -0.0888. The minimum absolute atomic E-state index is 0.0203. The van der Waals surface area contributed by atoms with Crippen LogP contribution in [0.15, 0.2) is 0 Å². The zero-order valence-corrected chi connectivity index (χ0v) is 12.8. The highest BCUT2D eigenvalue weighted by molar-refractivity contribution is 5.77. The predicted octanol–water partition coefficient (Wildman–Crippen LogP) is 1.53. The van der Waals surface area contributed by atoms with Gasteiger partial charge < -0.3 is 20.0 Å². The molecule has 1 aliphatic heterocycles. The fraction of sp³-hybridized carbons (Fsp3) is 0.867. The molecule has 0 aromatic rings. The molecule has 6 heteroatoms. The number of aliphatic hydroxyl groups is 1. The Labute approximate surface area is 125 Å². The summed E-state index contributed by atoms with van der Waals surface area (Å²) in [5.74, 6) is -0.685. The van der Waals surface area contributed by atoms with Crippen LogP contribution in [0.2, 0.25) is 0 Å². The summed E-state index contributed by atoms with van der Waals surface area (Å²) in [6.07, 6.45) is 5.43. The molecule has 0 aromatic heterocycles. The van der Waals surface area contributed by atoms with Gasteiger partial charge >= 0.3 is 12.0 Å². The Kier molecular flexibility index (Phi) is 5.08. The van der Waals surface area contributed by atoms with Crippen molar-refractivity contribution in [2.24, 2.45) is 5.92 Å². The Bertz CT molecular complexity index is 393. The maximum atomic E-state index is 12.7. The number of carboxylic acids is 1. The molecule has 1 atom stereocenters. The van der Waals surface area contributed by atoms with Crippen molar-refractivity contribution in [3.63, 3.8) is 0 Å². The van der Waals surface area contributed by atoms with Crippen LogP contribution in [0, 0.1) is 5.92 Å². The van der Waals surface area contributed by atoms with Crippen molar-refractivity contribution in [1.82, 2.24) is 9.80 Å². The second-order valence-electron chi connectivity index (χ2n) is 6.48. The summed E-state index contributed by atoms with van der Waals surface area (Å²) in [7, 11) is 1.74. The number of carbonyl (C=O) groups excluding carboxylic acids is 1. The van der Waals surface area contributed by atoms with Crippen LogP contribution in [-0.4, -0.2) is 64.3 Å². The van der Waals surface area contributed by atoms with Gasteiger partial charge in [-0.2, -0.15) is 0 Å². The lowest BCUT2D eigenvalue weighted by Crippen LogP contribution is -2.55. The lowest BCUT2D eigenvalue weighted by Gasteiger charge is -2.45. The van der Waals surface area contributed by atoms with Crippen molar-refractivity contribution < 1.29 is 19.8 Å². The number of aliphatic hydroxyl groups excluding tert-OH is 1. The predicted molar refractivity (Wildman–Crippen MR) is 78.0 cm³/mol. The molecule has 2 fully saturated rings. The Morgan fingerprint density at radius 1 is 1.29 bits per heavy atom. The average Bonchev–Trinajstić information content (AvgIpc) is 2.95.